The van der Waals surface area contributed by atoms with Crippen molar-refractivity contribution in [3.63, 3.8) is 0 Å². The molecule has 0 aliphatic rings. The molecule has 3 rings (SSSR count). The fourth-order valence-electron chi connectivity index (χ4n) is 1.96. The van der Waals surface area contributed by atoms with Crippen LogP contribution in [0.2, 0.25) is 0 Å². The Bertz CT molecular complexity index is 745. The van der Waals surface area contributed by atoms with Crippen molar-refractivity contribution < 1.29 is 4.79 Å². The molecule has 1 amide bonds. The van der Waals surface area contributed by atoms with Gasteiger partial charge in [0.2, 0.25) is 0 Å². The molecule has 0 aromatic carbocycles. The van der Waals surface area contributed by atoms with E-state index in [1.165, 1.54) is 0 Å². The highest BCUT2D eigenvalue weighted by atomic mass is 32.1. The molecule has 21 heavy (non-hydrogen) atoms. The molecule has 0 aliphatic heterocycles. The normalized spacial score (nSPS) is 12.5. The van der Waals surface area contributed by atoms with Crippen LogP contribution in [-0.2, 0) is 0 Å². The summed E-state index contributed by atoms with van der Waals surface area (Å²) in [6.45, 7) is 4.55. The summed E-state index contributed by atoms with van der Waals surface area (Å²) in [6.07, 6.45) is 3.44. The van der Waals surface area contributed by atoms with Crippen LogP contribution < -0.4 is 5.32 Å². The molecular formula is C14H15N5OS. The number of rotatable bonds is 4. The molecule has 0 saturated carbocycles. The highest BCUT2D eigenvalue weighted by Crippen LogP contribution is 2.18. The van der Waals surface area contributed by atoms with Crippen LogP contribution >= 0.6 is 11.3 Å². The Morgan fingerprint density at radius 3 is 3.10 bits per heavy atom. The summed E-state index contributed by atoms with van der Waals surface area (Å²) in [4.78, 5) is 20.7. The Hall–Kier alpha value is -2.28. The summed E-state index contributed by atoms with van der Waals surface area (Å²) < 4.78 is 1.59. The SMILES string of the molecule is Cc1csc(C(C)CNC(=O)c2cc3ncccn3n2)n1. The fraction of sp³-hybridized carbons (Fsp3) is 0.286. The second-order valence-corrected chi connectivity index (χ2v) is 5.78. The first-order valence-electron chi connectivity index (χ1n) is 6.64. The number of nitrogens with one attached hydrogen (secondary N) is 1. The van der Waals surface area contributed by atoms with Gasteiger partial charge in [0.1, 0.15) is 0 Å². The summed E-state index contributed by atoms with van der Waals surface area (Å²) in [6, 6.07) is 3.45. The van der Waals surface area contributed by atoms with Crippen molar-refractivity contribution in [2.75, 3.05) is 6.54 Å². The molecule has 0 fully saturated rings. The summed E-state index contributed by atoms with van der Waals surface area (Å²) >= 11 is 1.62. The van der Waals surface area contributed by atoms with Gasteiger partial charge in [-0.3, -0.25) is 4.79 Å². The Morgan fingerprint density at radius 2 is 2.38 bits per heavy atom. The van der Waals surface area contributed by atoms with E-state index in [1.54, 1.807) is 40.4 Å². The third-order valence-corrected chi connectivity index (χ3v) is 4.29. The first kappa shape index (κ1) is 13.7. The standard InChI is InChI=1S/C14H15N5OS/c1-9(14-17-10(2)8-21-14)7-16-13(20)11-6-12-15-4-3-5-19(12)18-11/h3-6,8-9H,7H2,1-2H3,(H,16,20). The first-order chi connectivity index (χ1) is 10.1. The molecular weight excluding hydrogens is 286 g/mol. The second-order valence-electron chi connectivity index (χ2n) is 4.89. The smallest absolute Gasteiger partial charge is 0.271 e. The molecule has 3 heterocycles. The Balaban J connectivity index is 1.66. The van der Waals surface area contributed by atoms with Crippen LogP contribution in [-0.4, -0.2) is 32.0 Å². The molecule has 7 heteroatoms. The van der Waals surface area contributed by atoms with E-state index in [2.05, 4.69) is 20.4 Å². The number of aromatic nitrogens is 4. The van der Waals surface area contributed by atoms with Crippen LogP contribution in [0.15, 0.2) is 29.9 Å². The maximum Gasteiger partial charge on any atom is 0.271 e. The van der Waals surface area contributed by atoms with E-state index in [-0.39, 0.29) is 11.8 Å². The number of fused-ring (bicyclic) bond motifs is 1. The van der Waals surface area contributed by atoms with E-state index in [9.17, 15) is 4.79 Å². The number of carbonyl (C=O) groups is 1. The lowest BCUT2D eigenvalue weighted by molar-refractivity contribution is 0.0946. The molecule has 0 spiro atoms. The van der Waals surface area contributed by atoms with Gasteiger partial charge in [-0.2, -0.15) is 5.10 Å². The lowest BCUT2D eigenvalue weighted by atomic mass is 10.2. The van der Waals surface area contributed by atoms with Crippen molar-refractivity contribution in [2.24, 2.45) is 0 Å². The molecule has 1 unspecified atom stereocenters. The highest BCUT2D eigenvalue weighted by molar-refractivity contribution is 7.09. The van der Waals surface area contributed by atoms with Crippen molar-refractivity contribution in [1.82, 2.24) is 24.9 Å². The molecule has 0 saturated heterocycles. The lowest BCUT2D eigenvalue weighted by Gasteiger charge is -2.08. The number of thiazole rings is 1. The van der Waals surface area contributed by atoms with Gasteiger partial charge in [-0.15, -0.1) is 11.3 Å². The monoisotopic (exact) mass is 301 g/mol. The number of carbonyl (C=O) groups excluding carboxylic acids is 1. The largest absolute Gasteiger partial charge is 0.350 e. The minimum Gasteiger partial charge on any atom is -0.350 e. The molecule has 1 atom stereocenters. The van der Waals surface area contributed by atoms with Gasteiger partial charge >= 0.3 is 0 Å². The summed E-state index contributed by atoms with van der Waals surface area (Å²) in [5.74, 6) is -0.0107. The van der Waals surface area contributed by atoms with E-state index in [0.29, 0.717) is 17.9 Å². The minimum atomic E-state index is -0.194. The van der Waals surface area contributed by atoms with Gasteiger partial charge in [-0.05, 0) is 13.0 Å². The van der Waals surface area contributed by atoms with Crippen molar-refractivity contribution >= 4 is 22.9 Å². The predicted octanol–water partition coefficient (Wildman–Crippen LogP) is 2.03. The van der Waals surface area contributed by atoms with Crippen LogP contribution in [0.3, 0.4) is 0 Å². The van der Waals surface area contributed by atoms with Crippen molar-refractivity contribution in [3.05, 3.63) is 46.3 Å². The van der Waals surface area contributed by atoms with Gasteiger partial charge in [-0.1, -0.05) is 6.92 Å². The fourth-order valence-corrected chi connectivity index (χ4v) is 2.82. The summed E-state index contributed by atoms with van der Waals surface area (Å²) in [5, 5.41) is 10.1. The molecule has 108 valence electrons. The van der Waals surface area contributed by atoms with Gasteiger partial charge in [0.25, 0.3) is 5.91 Å². The number of hydrogen-bond acceptors (Lipinski definition) is 5. The Labute approximate surface area is 125 Å². The van der Waals surface area contributed by atoms with Crippen molar-refractivity contribution in [3.8, 4) is 0 Å². The number of nitrogens with zero attached hydrogens (tertiary/aromatic N) is 4. The molecule has 0 aliphatic carbocycles. The molecule has 0 bridgehead atoms. The van der Waals surface area contributed by atoms with Crippen molar-refractivity contribution in [2.45, 2.75) is 19.8 Å². The molecule has 1 N–H and O–H groups in total. The topological polar surface area (TPSA) is 72.2 Å². The predicted molar refractivity (Wildman–Crippen MR) is 80.6 cm³/mol. The molecule has 0 radical (unpaired) electrons. The van der Waals surface area contributed by atoms with E-state index in [4.69, 9.17) is 0 Å². The van der Waals surface area contributed by atoms with Crippen LogP contribution in [0.5, 0.6) is 0 Å². The van der Waals surface area contributed by atoms with Crippen LogP contribution in [0.25, 0.3) is 5.65 Å². The van der Waals surface area contributed by atoms with Crippen LogP contribution in [0, 0.1) is 6.92 Å². The number of aryl methyl sites for hydroxylation is 1. The van der Waals surface area contributed by atoms with Gasteiger partial charge in [-0.25, -0.2) is 14.5 Å². The Morgan fingerprint density at radius 1 is 1.52 bits per heavy atom. The first-order valence-corrected chi connectivity index (χ1v) is 7.52. The molecule has 3 aromatic heterocycles. The third kappa shape index (κ3) is 2.92. The van der Waals surface area contributed by atoms with Crippen molar-refractivity contribution in [1.29, 1.82) is 0 Å². The van der Waals surface area contributed by atoms with E-state index in [0.717, 1.165) is 10.7 Å². The third-order valence-electron chi connectivity index (χ3n) is 3.10. The zero-order chi connectivity index (χ0) is 14.8. The van der Waals surface area contributed by atoms with E-state index < -0.39 is 0 Å². The van der Waals surface area contributed by atoms with E-state index in [1.807, 2.05) is 19.2 Å². The van der Waals surface area contributed by atoms with Crippen LogP contribution in [0.1, 0.15) is 34.0 Å². The Kier molecular flexibility index (Phi) is 3.66. The van der Waals surface area contributed by atoms with Gasteiger partial charge in [0.15, 0.2) is 11.3 Å². The van der Waals surface area contributed by atoms with E-state index >= 15 is 0 Å². The summed E-state index contributed by atoms with van der Waals surface area (Å²) in [7, 11) is 0. The summed E-state index contributed by atoms with van der Waals surface area (Å²) in [5.41, 5.74) is 2.04. The van der Waals surface area contributed by atoms with Gasteiger partial charge in [0.05, 0.1) is 5.01 Å². The van der Waals surface area contributed by atoms with Gasteiger partial charge in [0, 0.05) is 42.0 Å². The molecule has 3 aromatic rings. The second kappa shape index (κ2) is 5.61. The number of amides is 1. The minimum absolute atomic E-state index is 0.183. The zero-order valence-corrected chi connectivity index (χ0v) is 12.6. The average molecular weight is 301 g/mol. The quantitative estimate of drug-likeness (QED) is 0.800. The lowest BCUT2D eigenvalue weighted by Crippen LogP contribution is -2.27. The maximum atomic E-state index is 12.1. The van der Waals surface area contributed by atoms with Crippen LogP contribution in [0.4, 0.5) is 0 Å². The van der Waals surface area contributed by atoms with Gasteiger partial charge < -0.3 is 5.32 Å². The number of hydrogen-bond donors (Lipinski definition) is 1. The molecule has 6 nitrogen and oxygen atoms in total. The highest BCUT2D eigenvalue weighted by Gasteiger charge is 2.14. The zero-order valence-electron chi connectivity index (χ0n) is 11.8. The average Bonchev–Trinajstić information content (AvgIpc) is 3.10. The maximum absolute atomic E-state index is 12.1.